The molecule has 1 N–H and O–H groups in total. The summed E-state index contributed by atoms with van der Waals surface area (Å²) in [7, 11) is 0. The molecule has 2 heterocycles. The highest BCUT2D eigenvalue weighted by Gasteiger charge is 2.37. The van der Waals surface area contributed by atoms with Crippen LogP contribution >= 0.6 is 45.2 Å². The van der Waals surface area contributed by atoms with Gasteiger partial charge in [-0.05, 0) is 67.9 Å². The average Bonchev–Trinajstić information content (AvgIpc) is 3.48. The number of hydrogen-bond acceptors (Lipinski definition) is 1. The highest BCUT2D eigenvalue weighted by molar-refractivity contribution is 14.1. The van der Waals surface area contributed by atoms with E-state index in [9.17, 15) is 0 Å². The maximum absolute atomic E-state index is 3.76. The number of halogens is 2. The molecule has 0 aliphatic carbocycles. The lowest BCUT2D eigenvalue weighted by molar-refractivity contribution is 0.517. The number of aromatic nitrogens is 3. The van der Waals surface area contributed by atoms with Gasteiger partial charge >= 0.3 is 0 Å². The molecule has 0 fully saturated rings. The zero-order valence-electron chi connectivity index (χ0n) is 16.7. The summed E-state index contributed by atoms with van der Waals surface area (Å²) in [6.07, 6.45) is 7.81. The largest absolute Gasteiger partial charge is 0.340 e. The van der Waals surface area contributed by atoms with E-state index < -0.39 is 5.54 Å². The van der Waals surface area contributed by atoms with Gasteiger partial charge in [-0.15, -0.1) is 0 Å². The van der Waals surface area contributed by atoms with Gasteiger partial charge in [0.05, 0.1) is 16.2 Å². The fourth-order valence-electron chi connectivity index (χ4n) is 3.80. The third-order valence-corrected chi connectivity index (χ3v) is 6.31. The third kappa shape index (κ3) is 4.77. The lowest BCUT2D eigenvalue weighted by atomic mass is 9.77. The van der Waals surface area contributed by atoms with Crippen LogP contribution in [0.25, 0.3) is 0 Å². The summed E-state index contributed by atoms with van der Waals surface area (Å²) >= 11 is 4.53. The van der Waals surface area contributed by atoms with Crippen molar-refractivity contribution in [2.75, 3.05) is 0 Å². The molecular formula is C26H21I2N3. The van der Waals surface area contributed by atoms with Gasteiger partial charge in [-0.2, -0.15) is 0 Å². The summed E-state index contributed by atoms with van der Waals surface area (Å²) in [6.45, 7) is 0. The first-order chi connectivity index (χ1) is 15.2. The van der Waals surface area contributed by atoms with Crippen molar-refractivity contribution in [3.63, 3.8) is 0 Å². The van der Waals surface area contributed by atoms with Crippen LogP contribution in [0, 0.1) is 7.27 Å². The van der Waals surface area contributed by atoms with Gasteiger partial charge in [0.2, 0.25) is 0 Å². The number of aromatic amines is 1. The van der Waals surface area contributed by atoms with Crippen LogP contribution in [0.2, 0.25) is 0 Å². The molecule has 0 spiro atoms. The van der Waals surface area contributed by atoms with Crippen molar-refractivity contribution in [3.05, 3.63) is 146 Å². The van der Waals surface area contributed by atoms with Gasteiger partial charge in [0.15, 0.2) is 0 Å². The first-order valence-corrected chi connectivity index (χ1v) is 12.0. The van der Waals surface area contributed by atoms with Gasteiger partial charge in [-0.3, -0.25) is 0 Å². The smallest absolute Gasteiger partial charge is 0.120 e. The lowest BCUT2D eigenvalue weighted by Gasteiger charge is -2.37. The molecular weight excluding hydrogens is 608 g/mol. The Balaban J connectivity index is 0.000000334. The second kappa shape index (κ2) is 10.3. The Labute approximate surface area is 209 Å². The Morgan fingerprint density at radius 3 is 1.45 bits per heavy atom. The highest BCUT2D eigenvalue weighted by atomic mass is 127. The maximum atomic E-state index is 3.76. The summed E-state index contributed by atoms with van der Waals surface area (Å²) < 4.78 is 4.63. The first kappa shape index (κ1) is 21.8. The second-order valence-electron chi connectivity index (χ2n) is 6.95. The second-order valence-corrected chi connectivity index (χ2v) is 9.35. The van der Waals surface area contributed by atoms with E-state index in [1.54, 1.807) is 12.5 Å². The van der Waals surface area contributed by atoms with Crippen LogP contribution < -0.4 is 0 Å². The van der Waals surface area contributed by atoms with Gasteiger partial charge in [-0.25, -0.2) is 4.98 Å². The SMILES string of the molecule is Ic1ccn(C(c2ccccc2)(c2ccccc2)c2ccccc2)c1.Ic1cnc[nH]1. The van der Waals surface area contributed by atoms with Crippen LogP contribution in [0.3, 0.4) is 0 Å². The molecule has 5 aromatic rings. The number of hydrogen-bond donors (Lipinski definition) is 1. The minimum absolute atomic E-state index is 0.396. The van der Waals surface area contributed by atoms with Crippen LogP contribution in [-0.2, 0) is 5.54 Å². The van der Waals surface area contributed by atoms with Gasteiger partial charge in [0.1, 0.15) is 5.54 Å². The van der Waals surface area contributed by atoms with E-state index in [1.807, 2.05) is 0 Å². The number of nitrogens with one attached hydrogen (secondary N) is 1. The predicted octanol–water partition coefficient (Wildman–Crippen LogP) is 6.95. The van der Waals surface area contributed by atoms with Gasteiger partial charge in [0, 0.05) is 16.0 Å². The molecule has 0 saturated carbocycles. The van der Waals surface area contributed by atoms with Crippen molar-refractivity contribution >= 4 is 45.2 Å². The number of rotatable bonds is 4. The van der Waals surface area contributed by atoms with E-state index in [2.05, 4.69) is 169 Å². The molecule has 0 aliphatic rings. The molecule has 5 rings (SSSR count). The molecule has 3 nitrogen and oxygen atoms in total. The van der Waals surface area contributed by atoms with Crippen molar-refractivity contribution < 1.29 is 0 Å². The fourth-order valence-corrected chi connectivity index (χ4v) is 4.56. The van der Waals surface area contributed by atoms with Crippen molar-refractivity contribution in [1.82, 2.24) is 14.5 Å². The molecule has 0 aliphatic heterocycles. The molecule has 0 amide bonds. The summed E-state index contributed by atoms with van der Waals surface area (Å²) in [5.74, 6) is 0. The molecule has 3 aromatic carbocycles. The van der Waals surface area contributed by atoms with E-state index in [1.165, 1.54) is 20.3 Å². The Morgan fingerprint density at radius 1 is 0.677 bits per heavy atom. The molecule has 0 atom stereocenters. The summed E-state index contributed by atoms with van der Waals surface area (Å²) in [5.41, 5.74) is 3.35. The van der Waals surface area contributed by atoms with E-state index >= 15 is 0 Å². The normalized spacial score (nSPS) is 10.9. The monoisotopic (exact) mass is 629 g/mol. The minimum atomic E-state index is -0.396. The average molecular weight is 629 g/mol. The van der Waals surface area contributed by atoms with Gasteiger partial charge in [0.25, 0.3) is 0 Å². The van der Waals surface area contributed by atoms with Crippen LogP contribution in [0.5, 0.6) is 0 Å². The zero-order chi connectivity index (χ0) is 21.5. The predicted molar refractivity (Wildman–Crippen MR) is 143 cm³/mol. The molecule has 2 aromatic heterocycles. The highest BCUT2D eigenvalue weighted by Crippen LogP contribution is 2.41. The molecule has 31 heavy (non-hydrogen) atoms. The molecule has 0 radical (unpaired) electrons. The fraction of sp³-hybridized carbons (Fsp3) is 0.0385. The lowest BCUT2D eigenvalue weighted by Crippen LogP contribution is -2.36. The van der Waals surface area contributed by atoms with Crippen molar-refractivity contribution in [1.29, 1.82) is 0 Å². The standard InChI is InChI=1S/C23H18IN.C3H3IN2/c24-22-16-17-25(18-22)23(19-10-4-1-5-11-19,20-12-6-2-7-13-20)21-14-8-3-9-15-21;4-3-1-5-2-6-3/h1-18H;1-2H,(H,5,6). The topological polar surface area (TPSA) is 33.6 Å². The molecule has 154 valence electrons. The van der Waals surface area contributed by atoms with Crippen molar-refractivity contribution in [2.45, 2.75) is 5.54 Å². The molecule has 0 bridgehead atoms. The molecule has 5 heteroatoms. The Kier molecular flexibility index (Phi) is 7.24. The van der Waals surface area contributed by atoms with Gasteiger partial charge < -0.3 is 9.55 Å². The maximum Gasteiger partial charge on any atom is 0.120 e. The Hall–Kier alpha value is -2.39. The van der Waals surface area contributed by atoms with Crippen molar-refractivity contribution in [3.8, 4) is 0 Å². The van der Waals surface area contributed by atoms with Crippen LogP contribution in [0.4, 0.5) is 0 Å². The molecule has 0 saturated heterocycles. The number of nitrogens with zero attached hydrogens (tertiary/aromatic N) is 2. The number of imidazole rings is 1. The number of H-pyrrole nitrogens is 1. The van der Waals surface area contributed by atoms with Crippen LogP contribution in [-0.4, -0.2) is 14.5 Å². The number of benzene rings is 3. The van der Waals surface area contributed by atoms with E-state index in [0.29, 0.717) is 0 Å². The minimum Gasteiger partial charge on any atom is -0.340 e. The Morgan fingerprint density at radius 2 is 1.16 bits per heavy atom. The van der Waals surface area contributed by atoms with E-state index in [0.717, 1.165) is 3.70 Å². The zero-order valence-corrected chi connectivity index (χ0v) is 21.0. The molecule has 0 unspecified atom stereocenters. The van der Waals surface area contributed by atoms with E-state index in [-0.39, 0.29) is 0 Å². The van der Waals surface area contributed by atoms with Crippen LogP contribution in [0.1, 0.15) is 16.7 Å². The van der Waals surface area contributed by atoms with Gasteiger partial charge in [-0.1, -0.05) is 91.0 Å². The summed E-state index contributed by atoms with van der Waals surface area (Å²) in [4.78, 5) is 6.63. The Bertz CT molecular complexity index is 1090. The summed E-state index contributed by atoms with van der Waals surface area (Å²) in [5, 5.41) is 0. The quantitative estimate of drug-likeness (QED) is 0.170. The third-order valence-electron chi connectivity index (χ3n) is 5.08. The summed E-state index contributed by atoms with van der Waals surface area (Å²) in [6, 6.07) is 34.4. The van der Waals surface area contributed by atoms with E-state index in [4.69, 9.17) is 0 Å². The van der Waals surface area contributed by atoms with Crippen LogP contribution in [0.15, 0.2) is 122 Å². The first-order valence-electron chi connectivity index (χ1n) is 9.85. The van der Waals surface area contributed by atoms with Crippen molar-refractivity contribution in [2.24, 2.45) is 0 Å².